The molecule has 0 aliphatic heterocycles. The van der Waals surface area contributed by atoms with Crippen molar-refractivity contribution in [3.63, 3.8) is 0 Å². The van der Waals surface area contributed by atoms with Gasteiger partial charge in [0.2, 0.25) is 10.0 Å². The summed E-state index contributed by atoms with van der Waals surface area (Å²) in [4.78, 5) is 12.4. The predicted molar refractivity (Wildman–Crippen MR) is 135 cm³/mol. The van der Waals surface area contributed by atoms with Gasteiger partial charge in [0.05, 0.1) is 32.1 Å². The summed E-state index contributed by atoms with van der Waals surface area (Å²) in [5.41, 5.74) is 1.27. The third kappa shape index (κ3) is 6.79. The van der Waals surface area contributed by atoms with Gasteiger partial charge < -0.3 is 14.8 Å². The summed E-state index contributed by atoms with van der Waals surface area (Å²) >= 11 is 12.4. The van der Waals surface area contributed by atoms with Crippen LogP contribution in [0.1, 0.15) is 15.9 Å². The number of halogens is 2. The van der Waals surface area contributed by atoms with Gasteiger partial charge in [-0.05, 0) is 60.7 Å². The Kier molecular flexibility index (Phi) is 8.66. The summed E-state index contributed by atoms with van der Waals surface area (Å²) in [6, 6.07) is 18.4. The average Bonchev–Trinajstić information content (AvgIpc) is 2.81. The molecular weight excluding hydrogens is 499 g/mol. The average molecular weight is 523 g/mol. The lowest BCUT2D eigenvalue weighted by Crippen LogP contribution is -2.30. The summed E-state index contributed by atoms with van der Waals surface area (Å²) in [6.45, 7) is 0.551. The summed E-state index contributed by atoms with van der Waals surface area (Å²) in [5.74, 6) is 1.09. The summed E-state index contributed by atoms with van der Waals surface area (Å²) in [5, 5.41) is 3.51. The molecule has 0 radical (unpaired) electrons. The number of hydrogen-bond acceptors (Lipinski definition) is 5. The van der Waals surface area contributed by atoms with Gasteiger partial charge in [0, 0.05) is 21.2 Å². The Bertz CT molecular complexity index is 1210. The molecule has 10 heteroatoms. The zero-order chi connectivity index (χ0) is 24.7. The highest BCUT2D eigenvalue weighted by atomic mass is 35.5. The molecule has 180 valence electrons. The number of nitrogens with zero attached hydrogens (tertiary/aromatic N) is 1. The normalized spacial score (nSPS) is 11.1. The minimum absolute atomic E-state index is 0.0361. The van der Waals surface area contributed by atoms with E-state index in [1.165, 1.54) is 4.31 Å². The molecule has 0 atom stereocenters. The van der Waals surface area contributed by atoms with Crippen LogP contribution in [-0.4, -0.2) is 40.8 Å². The van der Waals surface area contributed by atoms with E-state index >= 15 is 0 Å². The molecule has 3 aromatic carbocycles. The van der Waals surface area contributed by atoms with Gasteiger partial charge in [-0.1, -0.05) is 29.3 Å². The first-order valence-corrected chi connectivity index (χ1v) is 12.8. The van der Waals surface area contributed by atoms with Crippen molar-refractivity contribution in [1.82, 2.24) is 5.32 Å². The monoisotopic (exact) mass is 522 g/mol. The second-order valence-electron chi connectivity index (χ2n) is 7.30. The fourth-order valence-electron chi connectivity index (χ4n) is 3.11. The maximum absolute atomic E-state index is 12.4. The van der Waals surface area contributed by atoms with Gasteiger partial charge in [0.1, 0.15) is 18.1 Å². The van der Waals surface area contributed by atoms with E-state index in [-0.39, 0.29) is 19.1 Å². The predicted octanol–water partition coefficient (Wildman–Crippen LogP) is 4.78. The van der Waals surface area contributed by atoms with Gasteiger partial charge in [0.25, 0.3) is 5.91 Å². The van der Waals surface area contributed by atoms with Crippen LogP contribution in [0.15, 0.2) is 66.7 Å². The van der Waals surface area contributed by atoms with Crippen LogP contribution in [0, 0.1) is 0 Å². The molecule has 0 saturated heterocycles. The third-order valence-electron chi connectivity index (χ3n) is 4.90. The molecular formula is C24H24Cl2N2O5S. The Morgan fingerprint density at radius 2 is 1.53 bits per heavy atom. The van der Waals surface area contributed by atoms with Crippen molar-refractivity contribution in [1.29, 1.82) is 0 Å². The van der Waals surface area contributed by atoms with E-state index in [9.17, 15) is 13.2 Å². The molecule has 0 unspecified atom stereocenters. The highest BCUT2D eigenvalue weighted by Gasteiger charge is 2.21. The number of sulfonamides is 1. The van der Waals surface area contributed by atoms with Gasteiger partial charge >= 0.3 is 0 Å². The summed E-state index contributed by atoms with van der Waals surface area (Å²) < 4.78 is 36.8. The van der Waals surface area contributed by atoms with Crippen LogP contribution in [-0.2, 0) is 16.6 Å². The second kappa shape index (κ2) is 11.5. The van der Waals surface area contributed by atoms with Gasteiger partial charge in [0.15, 0.2) is 0 Å². The summed E-state index contributed by atoms with van der Waals surface area (Å²) in [7, 11) is -2.05. The molecule has 0 saturated carbocycles. The highest BCUT2D eigenvalue weighted by molar-refractivity contribution is 7.92. The maximum Gasteiger partial charge on any atom is 0.251 e. The first kappa shape index (κ1) is 25.7. The molecule has 34 heavy (non-hydrogen) atoms. The van der Waals surface area contributed by atoms with Crippen molar-refractivity contribution >= 4 is 44.8 Å². The van der Waals surface area contributed by atoms with E-state index in [1.54, 1.807) is 73.8 Å². The number of nitrogens with one attached hydrogen (secondary N) is 1. The highest BCUT2D eigenvalue weighted by Crippen LogP contribution is 2.29. The molecule has 0 aliphatic rings. The summed E-state index contributed by atoms with van der Waals surface area (Å²) in [6.07, 6.45) is 1.10. The first-order chi connectivity index (χ1) is 16.2. The van der Waals surface area contributed by atoms with Crippen molar-refractivity contribution in [2.75, 3.05) is 30.8 Å². The Labute approximate surface area is 209 Å². The smallest absolute Gasteiger partial charge is 0.251 e. The molecule has 0 heterocycles. The van der Waals surface area contributed by atoms with Gasteiger partial charge in [-0.15, -0.1) is 0 Å². The molecule has 7 nitrogen and oxygen atoms in total. The number of benzene rings is 3. The number of methoxy groups -OCH3 is 1. The zero-order valence-electron chi connectivity index (χ0n) is 18.6. The molecule has 0 aliphatic carbocycles. The van der Waals surface area contributed by atoms with E-state index in [4.69, 9.17) is 32.7 Å². The number of carbonyl (C=O) groups is 1. The fraction of sp³-hybridized carbons (Fsp3) is 0.208. The third-order valence-corrected chi connectivity index (χ3v) is 6.75. The molecule has 0 spiro atoms. The quantitative estimate of drug-likeness (QED) is 0.387. The van der Waals surface area contributed by atoms with E-state index in [0.29, 0.717) is 39.2 Å². The lowest BCUT2D eigenvalue weighted by Gasteiger charge is -2.23. The van der Waals surface area contributed by atoms with Gasteiger partial charge in [-0.3, -0.25) is 9.10 Å². The number of carbonyl (C=O) groups excluding carboxylic acids is 1. The second-order valence-corrected chi connectivity index (χ2v) is 10.0. The number of anilines is 1. The van der Waals surface area contributed by atoms with Crippen LogP contribution in [0.2, 0.25) is 10.0 Å². The molecule has 0 fully saturated rings. The van der Waals surface area contributed by atoms with Crippen molar-refractivity contribution < 1.29 is 22.7 Å². The lowest BCUT2D eigenvalue weighted by atomic mass is 10.1. The van der Waals surface area contributed by atoms with Crippen LogP contribution in [0.3, 0.4) is 0 Å². The number of rotatable bonds is 10. The van der Waals surface area contributed by atoms with Crippen LogP contribution in [0.5, 0.6) is 11.5 Å². The van der Waals surface area contributed by atoms with E-state index < -0.39 is 10.0 Å². The Morgan fingerprint density at radius 1 is 0.941 bits per heavy atom. The van der Waals surface area contributed by atoms with Crippen molar-refractivity contribution in [3.05, 3.63) is 87.9 Å². The molecule has 0 bridgehead atoms. The van der Waals surface area contributed by atoms with Crippen molar-refractivity contribution in [3.8, 4) is 11.5 Å². The minimum Gasteiger partial charge on any atom is -0.497 e. The Hall–Kier alpha value is -2.94. The number of ether oxygens (including phenoxy) is 2. The topological polar surface area (TPSA) is 84.9 Å². The fourth-order valence-corrected chi connectivity index (χ4v) is 4.50. The zero-order valence-corrected chi connectivity index (χ0v) is 21.0. The molecule has 3 rings (SSSR count). The van der Waals surface area contributed by atoms with Crippen LogP contribution in [0.25, 0.3) is 0 Å². The van der Waals surface area contributed by atoms with Crippen LogP contribution >= 0.6 is 23.2 Å². The van der Waals surface area contributed by atoms with E-state index in [0.717, 1.165) is 12.0 Å². The Balaban J connectivity index is 1.61. The standard InChI is InChI=1S/C24H24Cl2N2O5S/c1-32-19-10-12-20(13-11-19)33-15-14-27-24(29)17-6-8-18(9-7-17)28(34(2,30)31)16-21-22(25)4-3-5-23(21)26/h3-13H,14-16H2,1-2H3,(H,27,29). The van der Waals surface area contributed by atoms with Gasteiger partial charge in [-0.25, -0.2) is 8.42 Å². The lowest BCUT2D eigenvalue weighted by molar-refractivity contribution is 0.0947. The van der Waals surface area contributed by atoms with Crippen molar-refractivity contribution in [2.45, 2.75) is 6.54 Å². The van der Waals surface area contributed by atoms with E-state index in [1.807, 2.05) is 0 Å². The van der Waals surface area contributed by atoms with E-state index in [2.05, 4.69) is 5.32 Å². The Morgan fingerprint density at radius 3 is 2.09 bits per heavy atom. The molecule has 1 amide bonds. The van der Waals surface area contributed by atoms with Crippen LogP contribution < -0.4 is 19.1 Å². The number of amides is 1. The first-order valence-electron chi connectivity index (χ1n) is 10.2. The molecule has 0 aromatic heterocycles. The SMILES string of the molecule is COc1ccc(OCCNC(=O)c2ccc(N(Cc3c(Cl)cccc3Cl)S(C)(=O)=O)cc2)cc1. The maximum atomic E-state index is 12.4. The largest absolute Gasteiger partial charge is 0.497 e. The van der Waals surface area contributed by atoms with Gasteiger partial charge in [-0.2, -0.15) is 0 Å². The molecule has 3 aromatic rings. The minimum atomic E-state index is -3.64. The van der Waals surface area contributed by atoms with Crippen LogP contribution in [0.4, 0.5) is 5.69 Å². The number of hydrogen-bond donors (Lipinski definition) is 1. The molecule has 1 N–H and O–H groups in total. The van der Waals surface area contributed by atoms with Crippen molar-refractivity contribution in [2.24, 2.45) is 0 Å².